The highest BCUT2D eigenvalue weighted by Crippen LogP contribution is 2.38. The van der Waals surface area contributed by atoms with Gasteiger partial charge in [-0.15, -0.1) is 24.0 Å². The van der Waals surface area contributed by atoms with Gasteiger partial charge in [0.1, 0.15) is 0 Å². The van der Waals surface area contributed by atoms with Gasteiger partial charge in [-0.05, 0) is 42.2 Å². The van der Waals surface area contributed by atoms with Crippen LogP contribution in [0.5, 0.6) is 0 Å². The molecule has 1 unspecified atom stereocenters. The highest BCUT2D eigenvalue weighted by Gasteiger charge is 2.32. The van der Waals surface area contributed by atoms with Gasteiger partial charge in [0.2, 0.25) is 5.91 Å². The molecule has 0 saturated carbocycles. The van der Waals surface area contributed by atoms with E-state index < -0.39 is 0 Å². The van der Waals surface area contributed by atoms with Crippen molar-refractivity contribution in [3.05, 3.63) is 65.2 Å². The predicted molar refractivity (Wildman–Crippen MR) is 134 cm³/mol. The number of hydrogen-bond acceptors (Lipinski definition) is 3. The maximum atomic E-state index is 12.0. The van der Waals surface area contributed by atoms with Crippen LogP contribution in [0.1, 0.15) is 41.9 Å². The molecule has 0 aliphatic carbocycles. The van der Waals surface area contributed by atoms with Crippen LogP contribution in [-0.4, -0.2) is 43.4 Å². The minimum Gasteiger partial charge on any atom is -0.352 e. The summed E-state index contributed by atoms with van der Waals surface area (Å²) in [5.41, 5.74) is 4.27. The van der Waals surface area contributed by atoms with Crippen molar-refractivity contribution in [3.8, 4) is 6.07 Å². The van der Waals surface area contributed by atoms with E-state index in [0.29, 0.717) is 24.4 Å². The van der Waals surface area contributed by atoms with Gasteiger partial charge < -0.3 is 15.1 Å². The average molecular weight is 529 g/mol. The topological polar surface area (TPSA) is 71.7 Å². The van der Waals surface area contributed by atoms with Crippen LogP contribution in [-0.2, 0) is 11.3 Å². The summed E-state index contributed by atoms with van der Waals surface area (Å²) in [7, 11) is 1.81. The molecular formula is C24H28IN5O. The molecule has 162 valence electrons. The number of benzene rings is 2. The second-order valence-electron chi connectivity index (χ2n) is 7.85. The third-order valence-electron chi connectivity index (χ3n) is 5.99. The average Bonchev–Trinajstić information content (AvgIpc) is 3.36. The van der Waals surface area contributed by atoms with Gasteiger partial charge in [0.15, 0.2) is 5.96 Å². The van der Waals surface area contributed by atoms with Crippen LogP contribution in [0.4, 0.5) is 5.69 Å². The van der Waals surface area contributed by atoms with Crippen molar-refractivity contribution in [1.29, 1.82) is 5.26 Å². The number of guanidine groups is 1. The van der Waals surface area contributed by atoms with Crippen molar-refractivity contribution in [2.24, 2.45) is 4.99 Å². The summed E-state index contributed by atoms with van der Waals surface area (Å²) in [6.07, 6.45) is 2.64. The van der Waals surface area contributed by atoms with E-state index in [1.165, 1.54) is 11.3 Å². The highest BCUT2D eigenvalue weighted by atomic mass is 127. The highest BCUT2D eigenvalue weighted by molar-refractivity contribution is 14.0. The lowest BCUT2D eigenvalue weighted by Gasteiger charge is -2.23. The smallest absolute Gasteiger partial charge is 0.222 e. The molecule has 0 aromatic heterocycles. The van der Waals surface area contributed by atoms with Crippen LogP contribution in [0, 0.1) is 11.3 Å². The van der Waals surface area contributed by atoms with Crippen LogP contribution < -0.4 is 10.2 Å². The van der Waals surface area contributed by atoms with Gasteiger partial charge in [-0.1, -0.05) is 30.3 Å². The molecule has 2 heterocycles. The van der Waals surface area contributed by atoms with Gasteiger partial charge in [0, 0.05) is 51.3 Å². The van der Waals surface area contributed by atoms with Crippen LogP contribution >= 0.6 is 24.0 Å². The Labute approximate surface area is 201 Å². The van der Waals surface area contributed by atoms with Gasteiger partial charge in [-0.2, -0.15) is 5.26 Å². The molecule has 4 rings (SSSR count). The van der Waals surface area contributed by atoms with Crippen LogP contribution in [0.3, 0.4) is 0 Å². The predicted octanol–water partition coefficient (Wildman–Crippen LogP) is 3.87. The summed E-state index contributed by atoms with van der Waals surface area (Å²) in [6.45, 7) is 3.21. The Morgan fingerprint density at radius 2 is 2.00 bits per heavy atom. The van der Waals surface area contributed by atoms with E-state index >= 15 is 0 Å². The molecule has 1 N–H and O–H groups in total. The zero-order chi connectivity index (χ0) is 20.9. The third kappa shape index (κ3) is 5.18. The van der Waals surface area contributed by atoms with E-state index in [4.69, 9.17) is 5.26 Å². The number of rotatable bonds is 5. The number of carbonyl (C=O) groups excluding carboxylic acids is 1. The number of halogens is 1. The maximum absolute atomic E-state index is 12.0. The Hall–Kier alpha value is -2.60. The SMILES string of the molecule is CN=C(NCc1ccc(C#N)cc1)N1CC(CCN2CCCC2=O)c2ccccc21.I. The second kappa shape index (κ2) is 10.6. The summed E-state index contributed by atoms with van der Waals surface area (Å²) in [5, 5.41) is 12.4. The Kier molecular flexibility index (Phi) is 7.91. The summed E-state index contributed by atoms with van der Waals surface area (Å²) in [5.74, 6) is 1.51. The number of nitrogens with zero attached hydrogens (tertiary/aromatic N) is 4. The number of nitriles is 1. The quantitative estimate of drug-likeness (QED) is 0.363. The normalized spacial score (nSPS) is 17.9. The van der Waals surface area contributed by atoms with Crippen LogP contribution in [0.15, 0.2) is 53.5 Å². The maximum Gasteiger partial charge on any atom is 0.222 e. The van der Waals surface area contributed by atoms with Crippen molar-refractivity contribution in [2.45, 2.75) is 31.7 Å². The van der Waals surface area contributed by atoms with Crippen molar-refractivity contribution in [3.63, 3.8) is 0 Å². The fourth-order valence-electron chi connectivity index (χ4n) is 4.37. The summed E-state index contributed by atoms with van der Waals surface area (Å²) in [4.78, 5) is 20.7. The van der Waals surface area contributed by atoms with Crippen molar-refractivity contribution in [1.82, 2.24) is 10.2 Å². The summed E-state index contributed by atoms with van der Waals surface area (Å²) < 4.78 is 0. The molecule has 1 fully saturated rings. The minimum absolute atomic E-state index is 0. The number of hydrogen-bond donors (Lipinski definition) is 1. The molecule has 0 radical (unpaired) electrons. The number of aliphatic imine (C=N–C) groups is 1. The fourth-order valence-corrected chi connectivity index (χ4v) is 4.37. The lowest BCUT2D eigenvalue weighted by molar-refractivity contribution is -0.127. The van der Waals surface area contributed by atoms with Gasteiger partial charge in [0.05, 0.1) is 11.6 Å². The molecule has 0 bridgehead atoms. The molecule has 7 heteroatoms. The second-order valence-corrected chi connectivity index (χ2v) is 7.85. The van der Waals surface area contributed by atoms with E-state index in [-0.39, 0.29) is 29.9 Å². The minimum atomic E-state index is 0. The Bertz CT molecular complexity index is 982. The van der Waals surface area contributed by atoms with Crippen LogP contribution in [0.2, 0.25) is 0 Å². The van der Waals surface area contributed by atoms with Crippen molar-refractivity contribution in [2.75, 3.05) is 31.6 Å². The first-order valence-electron chi connectivity index (χ1n) is 10.5. The molecule has 1 amide bonds. The summed E-state index contributed by atoms with van der Waals surface area (Å²) >= 11 is 0. The molecule has 2 aliphatic rings. The molecule has 1 atom stereocenters. The molecule has 2 aromatic carbocycles. The number of likely N-dealkylation sites (tertiary alicyclic amines) is 1. The first kappa shape index (κ1) is 23.1. The number of amides is 1. The standard InChI is InChI=1S/C24H27N5O.HI/c1-26-24(27-16-19-10-8-18(15-25)9-11-19)29-17-20(21-5-2-3-6-22(21)29)12-14-28-13-4-7-23(28)30;/h2-3,5-6,8-11,20H,4,7,12-14,16-17H2,1H3,(H,26,27);1H. The molecule has 2 aliphatic heterocycles. The fraction of sp³-hybridized carbons (Fsp3) is 0.375. The monoisotopic (exact) mass is 529 g/mol. The van der Waals surface area contributed by atoms with E-state index in [9.17, 15) is 4.79 Å². The van der Waals surface area contributed by atoms with Gasteiger partial charge in [-0.25, -0.2) is 0 Å². The van der Waals surface area contributed by atoms with Gasteiger partial charge in [-0.3, -0.25) is 9.79 Å². The number of fused-ring (bicyclic) bond motifs is 1. The zero-order valence-corrected chi connectivity index (χ0v) is 20.1. The van der Waals surface area contributed by atoms with Gasteiger partial charge >= 0.3 is 0 Å². The summed E-state index contributed by atoms with van der Waals surface area (Å²) in [6, 6.07) is 18.2. The van der Waals surface area contributed by atoms with Gasteiger partial charge in [0.25, 0.3) is 0 Å². The third-order valence-corrected chi connectivity index (χ3v) is 5.99. The number of carbonyl (C=O) groups is 1. The zero-order valence-electron chi connectivity index (χ0n) is 17.8. The van der Waals surface area contributed by atoms with E-state index in [2.05, 4.69) is 45.5 Å². The first-order chi connectivity index (χ1) is 14.7. The largest absolute Gasteiger partial charge is 0.352 e. The molecule has 31 heavy (non-hydrogen) atoms. The lowest BCUT2D eigenvalue weighted by atomic mass is 9.98. The number of nitrogens with one attached hydrogen (secondary N) is 1. The number of para-hydroxylation sites is 1. The number of anilines is 1. The first-order valence-corrected chi connectivity index (χ1v) is 10.5. The molecular weight excluding hydrogens is 501 g/mol. The molecule has 0 spiro atoms. The van der Waals surface area contributed by atoms with E-state index in [0.717, 1.165) is 44.0 Å². The Balaban J connectivity index is 0.00000272. The van der Waals surface area contributed by atoms with Crippen molar-refractivity contribution < 1.29 is 4.79 Å². The Morgan fingerprint density at radius 3 is 2.68 bits per heavy atom. The Morgan fingerprint density at radius 1 is 1.23 bits per heavy atom. The van der Waals surface area contributed by atoms with E-state index in [1.807, 2.05) is 29.2 Å². The lowest BCUT2D eigenvalue weighted by Crippen LogP contribution is -2.40. The molecule has 2 aromatic rings. The van der Waals surface area contributed by atoms with E-state index in [1.54, 1.807) is 7.05 Å². The van der Waals surface area contributed by atoms with Crippen molar-refractivity contribution >= 4 is 41.5 Å². The molecule has 6 nitrogen and oxygen atoms in total. The van der Waals surface area contributed by atoms with Crippen LogP contribution in [0.25, 0.3) is 0 Å². The molecule has 1 saturated heterocycles.